The molecule has 0 saturated heterocycles. The van der Waals surface area contributed by atoms with Crippen LogP contribution in [-0.4, -0.2) is 17.6 Å². The summed E-state index contributed by atoms with van der Waals surface area (Å²) < 4.78 is 5.30. The van der Waals surface area contributed by atoms with Gasteiger partial charge >= 0.3 is 5.97 Å². The van der Waals surface area contributed by atoms with Crippen LogP contribution in [0.3, 0.4) is 0 Å². The smallest absolute Gasteiger partial charge is 0.323 e. The maximum atomic E-state index is 11.9. The molecule has 0 aliphatic heterocycles. The molecule has 0 fully saturated rings. The Morgan fingerprint density at radius 3 is 2.45 bits per heavy atom. The number of hydrogen-bond acceptors (Lipinski definition) is 3. The number of fused-ring (bicyclic) bond motifs is 1. The minimum absolute atomic E-state index is 0.356. The van der Waals surface area contributed by atoms with Gasteiger partial charge in [0.25, 0.3) is 0 Å². The lowest BCUT2D eigenvalue weighted by Crippen LogP contribution is -2.38. The largest absolute Gasteiger partial charge is 0.459 e. The van der Waals surface area contributed by atoms with Crippen molar-refractivity contribution in [3.8, 4) is 0 Å². The highest BCUT2D eigenvalue weighted by Gasteiger charge is 2.22. The lowest BCUT2D eigenvalue weighted by molar-refractivity contribution is -0.156. The SMILES string of the molecule is CC(C)(C)OC(=O)C(N)Cc1ccc2ccccc2c1. The second-order valence-electron chi connectivity index (χ2n) is 6.03. The van der Waals surface area contributed by atoms with Crippen LogP contribution >= 0.6 is 0 Å². The summed E-state index contributed by atoms with van der Waals surface area (Å²) in [5.74, 6) is -0.356. The van der Waals surface area contributed by atoms with Gasteiger partial charge in [-0.25, -0.2) is 0 Å². The summed E-state index contributed by atoms with van der Waals surface area (Å²) >= 11 is 0. The van der Waals surface area contributed by atoms with Crippen molar-refractivity contribution in [3.05, 3.63) is 48.0 Å². The van der Waals surface area contributed by atoms with Crippen molar-refractivity contribution in [1.82, 2.24) is 0 Å². The van der Waals surface area contributed by atoms with Crippen molar-refractivity contribution in [2.75, 3.05) is 0 Å². The van der Waals surface area contributed by atoms with Gasteiger partial charge < -0.3 is 10.5 Å². The van der Waals surface area contributed by atoms with Crippen molar-refractivity contribution in [2.45, 2.75) is 38.8 Å². The second-order valence-corrected chi connectivity index (χ2v) is 6.03. The van der Waals surface area contributed by atoms with E-state index in [1.807, 2.05) is 45.0 Å². The Morgan fingerprint density at radius 2 is 1.80 bits per heavy atom. The molecule has 2 N–H and O–H groups in total. The third-order valence-electron chi connectivity index (χ3n) is 2.98. The number of ether oxygens (including phenoxy) is 1. The molecule has 0 radical (unpaired) electrons. The lowest BCUT2D eigenvalue weighted by Gasteiger charge is -2.22. The minimum Gasteiger partial charge on any atom is -0.459 e. The van der Waals surface area contributed by atoms with Gasteiger partial charge in [-0.1, -0.05) is 42.5 Å². The summed E-state index contributed by atoms with van der Waals surface area (Å²) in [5, 5.41) is 2.34. The summed E-state index contributed by atoms with van der Waals surface area (Å²) in [7, 11) is 0. The van der Waals surface area contributed by atoms with Crippen molar-refractivity contribution < 1.29 is 9.53 Å². The van der Waals surface area contributed by atoms with E-state index in [9.17, 15) is 4.79 Å². The third kappa shape index (κ3) is 3.81. The molecular weight excluding hydrogens is 250 g/mol. The molecule has 1 unspecified atom stereocenters. The van der Waals surface area contributed by atoms with Gasteiger partial charge in [0.2, 0.25) is 0 Å². The van der Waals surface area contributed by atoms with Gasteiger partial charge in [0.1, 0.15) is 11.6 Å². The number of carbonyl (C=O) groups is 1. The highest BCUT2D eigenvalue weighted by molar-refractivity contribution is 5.83. The zero-order valence-corrected chi connectivity index (χ0v) is 12.2. The maximum Gasteiger partial charge on any atom is 0.323 e. The second kappa shape index (κ2) is 5.63. The molecule has 0 amide bonds. The normalized spacial score (nSPS) is 13.2. The van der Waals surface area contributed by atoms with Gasteiger partial charge in [0.15, 0.2) is 0 Å². The Morgan fingerprint density at radius 1 is 1.15 bits per heavy atom. The molecule has 2 rings (SSSR count). The number of carbonyl (C=O) groups excluding carboxylic acids is 1. The Kier molecular flexibility index (Phi) is 4.09. The molecule has 0 saturated carbocycles. The van der Waals surface area contributed by atoms with Crippen LogP contribution in [-0.2, 0) is 16.0 Å². The van der Waals surface area contributed by atoms with Gasteiger partial charge in [-0.3, -0.25) is 4.79 Å². The topological polar surface area (TPSA) is 52.3 Å². The Balaban J connectivity index is 2.09. The van der Waals surface area contributed by atoms with E-state index in [0.717, 1.165) is 10.9 Å². The van der Waals surface area contributed by atoms with Gasteiger partial charge in [0.05, 0.1) is 0 Å². The molecule has 0 aliphatic carbocycles. The molecule has 2 aromatic rings. The lowest BCUT2D eigenvalue weighted by atomic mass is 10.0. The van der Waals surface area contributed by atoms with E-state index in [1.54, 1.807) is 0 Å². The number of rotatable bonds is 3. The Hall–Kier alpha value is -1.87. The Bertz CT molecular complexity index is 614. The zero-order chi connectivity index (χ0) is 14.8. The fourth-order valence-corrected chi connectivity index (χ4v) is 2.08. The summed E-state index contributed by atoms with van der Waals surface area (Å²) in [6.07, 6.45) is 0.486. The number of esters is 1. The quantitative estimate of drug-likeness (QED) is 0.873. The molecular formula is C17H21NO2. The van der Waals surface area contributed by atoms with E-state index in [2.05, 4.69) is 18.2 Å². The van der Waals surface area contributed by atoms with Crippen LogP contribution in [0.5, 0.6) is 0 Å². The average Bonchev–Trinajstić information content (AvgIpc) is 2.36. The fraction of sp³-hybridized carbons (Fsp3) is 0.353. The van der Waals surface area contributed by atoms with E-state index in [0.29, 0.717) is 6.42 Å². The number of benzene rings is 2. The van der Waals surface area contributed by atoms with Crippen molar-refractivity contribution in [3.63, 3.8) is 0 Å². The highest BCUT2D eigenvalue weighted by Crippen LogP contribution is 2.17. The monoisotopic (exact) mass is 271 g/mol. The summed E-state index contributed by atoms with van der Waals surface area (Å²) in [6, 6.07) is 13.6. The van der Waals surface area contributed by atoms with Gasteiger partial charge in [-0.15, -0.1) is 0 Å². The molecule has 3 heteroatoms. The first-order chi connectivity index (χ1) is 9.35. The number of nitrogens with two attached hydrogens (primary N) is 1. The van der Waals surface area contributed by atoms with E-state index in [1.165, 1.54) is 5.39 Å². The molecule has 1 atom stereocenters. The standard InChI is InChI=1S/C17H21NO2/c1-17(2,3)20-16(19)15(18)11-12-8-9-13-6-4-5-7-14(13)10-12/h4-10,15H,11,18H2,1-3H3. The first-order valence-corrected chi connectivity index (χ1v) is 6.81. The van der Waals surface area contributed by atoms with Crippen LogP contribution < -0.4 is 5.73 Å². The van der Waals surface area contributed by atoms with Crippen molar-refractivity contribution >= 4 is 16.7 Å². The maximum absolute atomic E-state index is 11.9. The first kappa shape index (κ1) is 14.5. The third-order valence-corrected chi connectivity index (χ3v) is 2.98. The number of hydrogen-bond donors (Lipinski definition) is 1. The van der Waals surface area contributed by atoms with Crippen LogP contribution in [0.1, 0.15) is 26.3 Å². The molecule has 0 spiro atoms. The summed E-state index contributed by atoms with van der Waals surface area (Å²) in [6.45, 7) is 5.52. The average molecular weight is 271 g/mol. The molecule has 3 nitrogen and oxygen atoms in total. The summed E-state index contributed by atoms with van der Waals surface area (Å²) in [5.41, 5.74) is 6.47. The predicted molar refractivity (Wildman–Crippen MR) is 81.5 cm³/mol. The van der Waals surface area contributed by atoms with Crippen LogP contribution in [0.15, 0.2) is 42.5 Å². The van der Waals surface area contributed by atoms with Gasteiger partial charge in [-0.2, -0.15) is 0 Å². The minimum atomic E-state index is -0.629. The van der Waals surface area contributed by atoms with E-state index in [-0.39, 0.29) is 5.97 Å². The molecule has 106 valence electrons. The van der Waals surface area contributed by atoms with Crippen LogP contribution in [0.25, 0.3) is 10.8 Å². The Labute approximate surface area is 119 Å². The van der Waals surface area contributed by atoms with Crippen molar-refractivity contribution in [1.29, 1.82) is 0 Å². The molecule has 2 aromatic carbocycles. The molecule has 0 heterocycles. The van der Waals surface area contributed by atoms with Crippen molar-refractivity contribution in [2.24, 2.45) is 5.73 Å². The molecule has 20 heavy (non-hydrogen) atoms. The molecule has 0 aliphatic rings. The molecule has 0 bridgehead atoms. The zero-order valence-electron chi connectivity index (χ0n) is 12.2. The predicted octanol–water partition coefficient (Wildman–Crippen LogP) is 3.05. The summed E-state index contributed by atoms with van der Waals surface area (Å²) in [4.78, 5) is 11.9. The van der Waals surface area contributed by atoms with E-state index >= 15 is 0 Å². The fourth-order valence-electron chi connectivity index (χ4n) is 2.08. The van der Waals surface area contributed by atoms with E-state index in [4.69, 9.17) is 10.5 Å². The van der Waals surface area contributed by atoms with E-state index < -0.39 is 11.6 Å². The van der Waals surface area contributed by atoms with Crippen LogP contribution in [0.2, 0.25) is 0 Å². The highest BCUT2D eigenvalue weighted by atomic mass is 16.6. The first-order valence-electron chi connectivity index (χ1n) is 6.81. The molecule has 0 aromatic heterocycles. The van der Waals surface area contributed by atoms with Gasteiger partial charge in [0, 0.05) is 0 Å². The van der Waals surface area contributed by atoms with Gasteiger partial charge in [-0.05, 0) is 43.5 Å². The van der Waals surface area contributed by atoms with Crippen LogP contribution in [0.4, 0.5) is 0 Å². The van der Waals surface area contributed by atoms with Crippen LogP contribution in [0, 0.1) is 0 Å².